The number of piperidine rings is 1. The Bertz CT molecular complexity index is 933. The van der Waals surface area contributed by atoms with Crippen molar-refractivity contribution in [1.29, 1.82) is 0 Å². The molecule has 0 spiro atoms. The Morgan fingerprint density at radius 3 is 2.27 bits per heavy atom. The highest BCUT2D eigenvalue weighted by Crippen LogP contribution is 2.36. The third-order valence-electron chi connectivity index (χ3n) is 5.72. The maximum Gasteiger partial charge on any atom is 0.325 e. The Balaban J connectivity index is 1.74. The smallest absolute Gasteiger partial charge is 0.325 e. The number of unbranched alkanes of at least 4 members (excludes halogenated alkanes) is 1. The molecule has 2 aromatic rings. The summed E-state index contributed by atoms with van der Waals surface area (Å²) < 4.78 is 30.5. The number of hydrogen-bond donors (Lipinski definition) is 1. The Kier molecular flexibility index (Phi) is 7.15. The number of hydrogen-bond acceptors (Lipinski definition) is 5. The van der Waals surface area contributed by atoms with E-state index in [0.717, 1.165) is 18.4 Å². The van der Waals surface area contributed by atoms with Crippen molar-refractivity contribution in [2.75, 3.05) is 19.7 Å². The molecule has 2 aromatic carbocycles. The molecular formula is C23H29NO5S. The molecule has 0 unspecified atom stereocenters. The molecule has 7 heteroatoms. The number of benzene rings is 2. The highest BCUT2D eigenvalue weighted by atomic mass is 32.2. The molecular weight excluding hydrogens is 402 g/mol. The van der Waals surface area contributed by atoms with Gasteiger partial charge in [-0.15, -0.1) is 0 Å². The van der Waals surface area contributed by atoms with E-state index in [9.17, 15) is 18.3 Å². The lowest BCUT2D eigenvalue weighted by molar-refractivity contribution is -0.141. The summed E-state index contributed by atoms with van der Waals surface area (Å²) in [6.07, 6.45) is 2.05. The van der Waals surface area contributed by atoms with Gasteiger partial charge in [-0.2, -0.15) is 0 Å². The van der Waals surface area contributed by atoms with Gasteiger partial charge in [0, 0.05) is 19.6 Å². The zero-order valence-electron chi connectivity index (χ0n) is 17.3. The lowest BCUT2D eigenvalue weighted by Crippen LogP contribution is -2.54. The van der Waals surface area contributed by atoms with Gasteiger partial charge in [-0.1, -0.05) is 43.7 Å². The molecule has 162 valence electrons. The summed E-state index contributed by atoms with van der Waals surface area (Å²) >= 11 is 0. The number of carboxylic acids is 1. The molecule has 0 radical (unpaired) electrons. The first-order chi connectivity index (χ1) is 14.4. The van der Waals surface area contributed by atoms with E-state index in [-0.39, 0.29) is 17.7 Å². The van der Waals surface area contributed by atoms with Crippen LogP contribution in [-0.4, -0.2) is 48.8 Å². The Hall–Kier alpha value is -2.38. The molecule has 0 atom stereocenters. The van der Waals surface area contributed by atoms with E-state index in [1.165, 1.54) is 12.1 Å². The van der Waals surface area contributed by atoms with Gasteiger partial charge in [0.2, 0.25) is 0 Å². The van der Waals surface area contributed by atoms with Gasteiger partial charge in [0.25, 0.3) is 0 Å². The summed E-state index contributed by atoms with van der Waals surface area (Å²) in [6.45, 7) is 4.14. The molecule has 0 aliphatic carbocycles. The quantitative estimate of drug-likeness (QED) is 0.609. The number of carboxylic acid groups (broad SMARTS) is 1. The minimum Gasteiger partial charge on any atom is -0.494 e. The summed E-state index contributed by atoms with van der Waals surface area (Å²) in [5.41, 5.74) is 1.13. The number of rotatable bonds is 9. The van der Waals surface area contributed by atoms with E-state index < -0.39 is 20.6 Å². The van der Waals surface area contributed by atoms with Crippen molar-refractivity contribution in [3.63, 3.8) is 0 Å². The van der Waals surface area contributed by atoms with Crippen molar-refractivity contribution in [3.05, 3.63) is 60.2 Å². The van der Waals surface area contributed by atoms with Crippen LogP contribution >= 0.6 is 0 Å². The second-order valence-electron chi connectivity index (χ2n) is 7.74. The number of ether oxygens (including phenoxy) is 1. The van der Waals surface area contributed by atoms with Crippen LogP contribution in [0.5, 0.6) is 5.75 Å². The first-order valence-corrected chi connectivity index (χ1v) is 11.8. The van der Waals surface area contributed by atoms with E-state index >= 15 is 0 Å². The predicted octanol–water partition coefficient (Wildman–Crippen LogP) is 3.76. The SMILES string of the molecule is CCCCOc1ccc(S(=O)(=O)C2(C(=O)O)CCN(Cc3ccccc3)CC2)cc1. The first-order valence-electron chi connectivity index (χ1n) is 10.4. The van der Waals surface area contributed by atoms with Crippen LogP contribution < -0.4 is 4.74 Å². The summed E-state index contributed by atoms with van der Waals surface area (Å²) in [4.78, 5) is 14.3. The second-order valence-corrected chi connectivity index (χ2v) is 10.00. The van der Waals surface area contributed by atoms with Crippen LogP contribution in [0.4, 0.5) is 0 Å². The van der Waals surface area contributed by atoms with Crippen LogP contribution in [0.15, 0.2) is 59.5 Å². The molecule has 0 bridgehead atoms. The van der Waals surface area contributed by atoms with Crippen LogP contribution in [-0.2, 0) is 21.2 Å². The minimum atomic E-state index is -4.04. The molecule has 1 fully saturated rings. The van der Waals surface area contributed by atoms with Crippen molar-refractivity contribution in [3.8, 4) is 5.75 Å². The Morgan fingerprint density at radius 1 is 1.07 bits per heavy atom. The Morgan fingerprint density at radius 2 is 1.70 bits per heavy atom. The van der Waals surface area contributed by atoms with Crippen LogP contribution in [0.25, 0.3) is 0 Å². The van der Waals surface area contributed by atoms with E-state index in [1.54, 1.807) is 12.1 Å². The predicted molar refractivity (Wildman–Crippen MR) is 115 cm³/mol. The molecule has 1 aliphatic heterocycles. The van der Waals surface area contributed by atoms with Gasteiger partial charge in [0.1, 0.15) is 5.75 Å². The van der Waals surface area contributed by atoms with Crippen LogP contribution in [0.1, 0.15) is 38.2 Å². The number of likely N-dealkylation sites (tertiary alicyclic amines) is 1. The van der Waals surface area contributed by atoms with Crippen molar-refractivity contribution >= 4 is 15.8 Å². The molecule has 1 aliphatic rings. The molecule has 1 N–H and O–H groups in total. The summed E-state index contributed by atoms with van der Waals surface area (Å²) in [5, 5.41) is 9.94. The van der Waals surface area contributed by atoms with Gasteiger partial charge >= 0.3 is 5.97 Å². The molecule has 0 aromatic heterocycles. The van der Waals surface area contributed by atoms with Gasteiger partial charge < -0.3 is 9.84 Å². The second kappa shape index (κ2) is 9.62. The maximum absolute atomic E-state index is 13.3. The van der Waals surface area contributed by atoms with Crippen LogP contribution in [0.3, 0.4) is 0 Å². The summed E-state index contributed by atoms with van der Waals surface area (Å²) in [5.74, 6) is -0.686. The fourth-order valence-corrected chi connectivity index (χ4v) is 5.68. The number of carbonyl (C=O) groups is 1. The fraction of sp³-hybridized carbons (Fsp3) is 0.435. The molecule has 0 saturated carbocycles. The first kappa shape index (κ1) is 22.3. The van der Waals surface area contributed by atoms with Gasteiger partial charge in [-0.25, -0.2) is 8.42 Å². The highest BCUT2D eigenvalue weighted by Gasteiger charge is 2.53. The summed E-state index contributed by atoms with van der Waals surface area (Å²) in [6, 6.07) is 16.0. The normalized spacial score (nSPS) is 16.8. The van der Waals surface area contributed by atoms with E-state index in [2.05, 4.69) is 11.8 Å². The number of sulfone groups is 1. The van der Waals surface area contributed by atoms with Gasteiger partial charge in [-0.3, -0.25) is 9.69 Å². The van der Waals surface area contributed by atoms with E-state index in [0.29, 0.717) is 32.0 Å². The molecule has 1 heterocycles. The van der Waals surface area contributed by atoms with Crippen molar-refractivity contribution in [1.82, 2.24) is 4.90 Å². The zero-order valence-corrected chi connectivity index (χ0v) is 18.1. The number of aliphatic carboxylic acids is 1. The largest absolute Gasteiger partial charge is 0.494 e. The third-order valence-corrected chi connectivity index (χ3v) is 8.22. The lowest BCUT2D eigenvalue weighted by Gasteiger charge is -2.38. The summed E-state index contributed by atoms with van der Waals surface area (Å²) in [7, 11) is -4.04. The average molecular weight is 432 g/mol. The van der Waals surface area contributed by atoms with Crippen LogP contribution in [0.2, 0.25) is 0 Å². The fourth-order valence-electron chi connectivity index (χ4n) is 3.79. The van der Waals surface area contributed by atoms with Gasteiger partial charge in [-0.05, 0) is 49.1 Å². The monoisotopic (exact) mass is 431 g/mol. The van der Waals surface area contributed by atoms with Crippen molar-refractivity contribution in [2.24, 2.45) is 0 Å². The maximum atomic E-state index is 13.3. The van der Waals surface area contributed by atoms with Gasteiger partial charge in [0.05, 0.1) is 11.5 Å². The third kappa shape index (κ3) is 4.68. The Labute approximate surface area is 178 Å². The molecule has 0 amide bonds. The zero-order chi connectivity index (χ0) is 21.6. The standard InChI is InChI=1S/C23H29NO5S/c1-2-3-17-29-20-9-11-21(12-10-20)30(27,28)23(22(25)26)13-15-24(16-14-23)18-19-7-5-4-6-8-19/h4-12H,2-3,13-18H2,1H3,(H,25,26). The topological polar surface area (TPSA) is 83.9 Å². The van der Waals surface area contributed by atoms with E-state index in [1.807, 2.05) is 30.3 Å². The average Bonchev–Trinajstić information content (AvgIpc) is 2.75. The molecule has 6 nitrogen and oxygen atoms in total. The molecule has 3 rings (SSSR count). The molecule has 1 saturated heterocycles. The van der Waals surface area contributed by atoms with Gasteiger partial charge in [0.15, 0.2) is 14.6 Å². The van der Waals surface area contributed by atoms with Crippen molar-refractivity contribution in [2.45, 2.75) is 48.8 Å². The minimum absolute atomic E-state index is 0.0317. The molecule has 30 heavy (non-hydrogen) atoms. The van der Waals surface area contributed by atoms with E-state index in [4.69, 9.17) is 4.74 Å². The lowest BCUT2D eigenvalue weighted by atomic mass is 9.95. The highest BCUT2D eigenvalue weighted by molar-refractivity contribution is 7.93. The van der Waals surface area contributed by atoms with Crippen LogP contribution in [0, 0.1) is 0 Å². The number of nitrogens with zero attached hydrogens (tertiary/aromatic N) is 1. The van der Waals surface area contributed by atoms with Crippen molar-refractivity contribution < 1.29 is 23.1 Å².